The van der Waals surface area contributed by atoms with Gasteiger partial charge in [0.05, 0.1) is 6.61 Å². The largest absolute Gasteiger partial charge is 0.494 e. The van der Waals surface area contributed by atoms with Crippen LogP contribution in [-0.4, -0.2) is 27.8 Å². The lowest BCUT2D eigenvalue weighted by Crippen LogP contribution is -2.30. The Hall–Kier alpha value is -2.17. The van der Waals surface area contributed by atoms with Crippen LogP contribution in [0.2, 0.25) is 19.1 Å². The van der Waals surface area contributed by atoms with Crippen LogP contribution in [0.25, 0.3) is 6.08 Å². The van der Waals surface area contributed by atoms with Crippen LogP contribution < -0.4 is 4.74 Å². The minimum atomic E-state index is -1.59. The van der Waals surface area contributed by atoms with Crippen molar-refractivity contribution in [3.8, 4) is 5.75 Å². The third-order valence-corrected chi connectivity index (χ3v) is 6.40. The van der Waals surface area contributed by atoms with Gasteiger partial charge in [-0.25, -0.2) is 0 Å². The van der Waals surface area contributed by atoms with E-state index in [1.54, 1.807) is 25.3 Å². The Morgan fingerprint density at radius 2 is 1.71 bits per heavy atom. The zero-order chi connectivity index (χ0) is 17.4. The van der Waals surface area contributed by atoms with E-state index in [1.807, 2.05) is 48.5 Å². The van der Waals surface area contributed by atoms with Crippen molar-refractivity contribution in [2.45, 2.75) is 19.1 Å². The Balaban J connectivity index is 1.89. The standard InChI is InChI=1S/C20H24O3Si/c1-22-24(2,3)16-15-23-19-12-10-18(11-13-19)20(21)14-9-17-7-5-4-6-8-17/h4-14H,15-16H2,1-3H3/b14-9+. The van der Waals surface area contributed by atoms with E-state index in [2.05, 4.69) is 13.1 Å². The molecule has 24 heavy (non-hydrogen) atoms. The number of ether oxygens (including phenoxy) is 1. The van der Waals surface area contributed by atoms with Crippen molar-refractivity contribution in [1.82, 2.24) is 0 Å². The summed E-state index contributed by atoms with van der Waals surface area (Å²) in [5, 5.41) is 0. The molecule has 0 radical (unpaired) electrons. The van der Waals surface area contributed by atoms with Crippen LogP contribution >= 0.6 is 0 Å². The predicted molar refractivity (Wildman–Crippen MR) is 101 cm³/mol. The highest BCUT2D eigenvalue weighted by Crippen LogP contribution is 2.16. The van der Waals surface area contributed by atoms with Gasteiger partial charge in [0.25, 0.3) is 0 Å². The average Bonchev–Trinajstić information content (AvgIpc) is 2.61. The molecule has 2 aromatic carbocycles. The summed E-state index contributed by atoms with van der Waals surface area (Å²) >= 11 is 0. The maximum Gasteiger partial charge on any atom is 0.189 e. The minimum Gasteiger partial charge on any atom is -0.494 e. The van der Waals surface area contributed by atoms with Gasteiger partial charge in [-0.3, -0.25) is 4.79 Å². The van der Waals surface area contributed by atoms with Crippen LogP contribution in [0.1, 0.15) is 15.9 Å². The van der Waals surface area contributed by atoms with Gasteiger partial charge in [0.15, 0.2) is 14.1 Å². The maximum atomic E-state index is 12.2. The fraction of sp³-hybridized carbons (Fsp3) is 0.250. The lowest BCUT2D eigenvalue weighted by atomic mass is 10.1. The molecule has 4 heteroatoms. The van der Waals surface area contributed by atoms with Crippen LogP contribution in [0.4, 0.5) is 0 Å². The maximum absolute atomic E-state index is 12.2. The van der Waals surface area contributed by atoms with Gasteiger partial charge in [-0.1, -0.05) is 36.4 Å². The molecule has 0 atom stereocenters. The topological polar surface area (TPSA) is 35.5 Å². The highest BCUT2D eigenvalue weighted by atomic mass is 28.4. The van der Waals surface area contributed by atoms with Crippen LogP contribution in [0.15, 0.2) is 60.7 Å². The normalized spacial score (nSPS) is 11.6. The van der Waals surface area contributed by atoms with Gasteiger partial charge in [0, 0.05) is 18.7 Å². The fourth-order valence-corrected chi connectivity index (χ4v) is 2.86. The van der Waals surface area contributed by atoms with Crippen molar-refractivity contribution in [2.75, 3.05) is 13.7 Å². The Labute approximate surface area is 145 Å². The molecule has 0 amide bonds. The molecule has 0 aliphatic carbocycles. The van der Waals surface area contributed by atoms with E-state index in [-0.39, 0.29) is 5.78 Å². The zero-order valence-corrected chi connectivity index (χ0v) is 15.5. The number of hydrogen-bond acceptors (Lipinski definition) is 3. The first-order chi connectivity index (χ1) is 11.5. The Morgan fingerprint density at radius 1 is 1.04 bits per heavy atom. The number of carbonyl (C=O) groups is 1. The first-order valence-electron chi connectivity index (χ1n) is 8.06. The van der Waals surface area contributed by atoms with Crippen LogP contribution in [-0.2, 0) is 4.43 Å². The zero-order valence-electron chi connectivity index (χ0n) is 14.5. The molecule has 0 spiro atoms. The smallest absolute Gasteiger partial charge is 0.189 e. The number of rotatable bonds is 8. The summed E-state index contributed by atoms with van der Waals surface area (Å²) in [5.74, 6) is 0.762. The molecule has 0 aromatic heterocycles. The lowest BCUT2D eigenvalue weighted by Gasteiger charge is -2.19. The van der Waals surface area contributed by atoms with Gasteiger partial charge in [-0.15, -0.1) is 0 Å². The number of ketones is 1. The van der Waals surface area contributed by atoms with Gasteiger partial charge in [0.2, 0.25) is 0 Å². The molecule has 3 nitrogen and oxygen atoms in total. The molecule has 0 aliphatic rings. The Bertz CT molecular complexity index is 676. The fourth-order valence-electron chi connectivity index (χ4n) is 2.06. The van der Waals surface area contributed by atoms with Crippen molar-refractivity contribution in [2.24, 2.45) is 0 Å². The molecule has 0 saturated carbocycles. The minimum absolute atomic E-state index is 0.0154. The second kappa shape index (κ2) is 8.62. The summed E-state index contributed by atoms with van der Waals surface area (Å²) in [6, 6.07) is 18.0. The van der Waals surface area contributed by atoms with Crippen molar-refractivity contribution in [3.05, 3.63) is 71.8 Å². The van der Waals surface area contributed by atoms with E-state index in [9.17, 15) is 4.79 Å². The lowest BCUT2D eigenvalue weighted by molar-refractivity contribution is 0.104. The number of hydrogen-bond donors (Lipinski definition) is 0. The highest BCUT2D eigenvalue weighted by molar-refractivity contribution is 6.71. The molecular formula is C20H24O3Si. The third kappa shape index (κ3) is 5.79. The molecule has 0 N–H and O–H groups in total. The van der Waals surface area contributed by atoms with Crippen molar-refractivity contribution >= 4 is 20.2 Å². The summed E-state index contributed by atoms with van der Waals surface area (Å²) < 4.78 is 11.2. The number of benzene rings is 2. The second-order valence-corrected chi connectivity index (χ2v) is 10.6. The van der Waals surface area contributed by atoms with E-state index >= 15 is 0 Å². The first-order valence-corrected chi connectivity index (χ1v) is 11.2. The highest BCUT2D eigenvalue weighted by Gasteiger charge is 2.20. The summed E-state index contributed by atoms with van der Waals surface area (Å²) in [6.07, 6.45) is 3.42. The van der Waals surface area contributed by atoms with Gasteiger partial charge in [-0.05, 0) is 49.0 Å². The first kappa shape index (κ1) is 18.2. The van der Waals surface area contributed by atoms with E-state index in [4.69, 9.17) is 9.16 Å². The monoisotopic (exact) mass is 340 g/mol. The molecule has 0 bridgehead atoms. The summed E-state index contributed by atoms with van der Waals surface area (Å²) in [4.78, 5) is 12.2. The third-order valence-electron chi connectivity index (χ3n) is 3.89. The summed E-state index contributed by atoms with van der Waals surface area (Å²) in [7, 11) is 0.168. The Kier molecular flexibility index (Phi) is 6.52. The van der Waals surface area contributed by atoms with Gasteiger partial charge in [0.1, 0.15) is 5.75 Å². The van der Waals surface area contributed by atoms with Crippen molar-refractivity contribution in [1.29, 1.82) is 0 Å². The number of allylic oxidation sites excluding steroid dienone is 1. The molecular weight excluding hydrogens is 316 g/mol. The quantitative estimate of drug-likeness (QED) is 0.393. The Morgan fingerprint density at radius 3 is 2.33 bits per heavy atom. The number of carbonyl (C=O) groups excluding carboxylic acids is 1. The molecule has 2 aromatic rings. The molecule has 0 unspecified atom stereocenters. The summed E-state index contributed by atoms with van der Waals surface area (Å²) in [6.45, 7) is 4.96. The van der Waals surface area contributed by atoms with E-state index < -0.39 is 8.32 Å². The van der Waals surface area contributed by atoms with Gasteiger partial charge >= 0.3 is 0 Å². The SMILES string of the molecule is CO[Si](C)(C)CCOc1ccc(C(=O)/C=C/c2ccccc2)cc1. The van der Waals surface area contributed by atoms with Crippen LogP contribution in [0, 0.1) is 0 Å². The molecule has 0 fully saturated rings. The second-order valence-electron chi connectivity index (χ2n) is 6.19. The average molecular weight is 340 g/mol. The van der Waals surface area contributed by atoms with Crippen molar-refractivity contribution < 1.29 is 14.0 Å². The van der Waals surface area contributed by atoms with Crippen LogP contribution in [0.5, 0.6) is 5.75 Å². The van der Waals surface area contributed by atoms with E-state index in [0.717, 1.165) is 17.4 Å². The van der Waals surface area contributed by atoms with Crippen molar-refractivity contribution in [3.63, 3.8) is 0 Å². The van der Waals surface area contributed by atoms with E-state index in [1.165, 1.54) is 0 Å². The predicted octanol–water partition coefficient (Wildman–Crippen LogP) is 4.81. The van der Waals surface area contributed by atoms with Gasteiger partial charge < -0.3 is 9.16 Å². The molecule has 0 heterocycles. The van der Waals surface area contributed by atoms with Gasteiger partial charge in [-0.2, -0.15) is 0 Å². The molecule has 0 saturated heterocycles. The summed E-state index contributed by atoms with van der Waals surface area (Å²) in [5.41, 5.74) is 1.66. The molecule has 126 valence electrons. The van der Waals surface area contributed by atoms with Crippen LogP contribution in [0.3, 0.4) is 0 Å². The molecule has 2 rings (SSSR count). The molecule has 0 aliphatic heterocycles. The van der Waals surface area contributed by atoms with E-state index in [0.29, 0.717) is 12.2 Å².